The Morgan fingerprint density at radius 1 is 1.47 bits per heavy atom. The highest BCUT2D eigenvalue weighted by molar-refractivity contribution is 5.73. The number of nitrogens with one attached hydrogen (secondary N) is 1. The van der Waals surface area contributed by atoms with E-state index in [4.69, 9.17) is 16.9 Å². The molecule has 4 nitrogen and oxygen atoms in total. The number of ether oxygens (including phenoxy) is 1. The van der Waals surface area contributed by atoms with Crippen LogP contribution in [0.15, 0.2) is 24.3 Å². The molecule has 0 heterocycles. The molecule has 0 aliphatic carbocycles. The third-order valence-electron chi connectivity index (χ3n) is 2.15. The third kappa shape index (κ3) is 5.05. The van der Waals surface area contributed by atoms with E-state index in [9.17, 15) is 4.79 Å². The molecule has 0 unspecified atom stereocenters. The van der Waals surface area contributed by atoms with Crippen LogP contribution < -0.4 is 15.8 Å². The zero-order valence-corrected chi connectivity index (χ0v) is 9.61. The summed E-state index contributed by atoms with van der Waals surface area (Å²) in [6.07, 6.45) is 5.47. The SMILES string of the molecule is C#CCOc1ccccc1CNCCC(N)=O. The largest absolute Gasteiger partial charge is 0.481 e. The Bertz CT molecular complexity index is 410. The molecule has 0 saturated heterocycles. The number of terminal acetylenes is 1. The van der Waals surface area contributed by atoms with Crippen LogP contribution in [0.2, 0.25) is 0 Å². The van der Waals surface area contributed by atoms with Crippen molar-refractivity contribution in [2.45, 2.75) is 13.0 Å². The molecule has 0 spiro atoms. The van der Waals surface area contributed by atoms with Gasteiger partial charge in [0, 0.05) is 25.1 Å². The molecule has 0 aliphatic rings. The fourth-order valence-corrected chi connectivity index (χ4v) is 1.34. The lowest BCUT2D eigenvalue weighted by atomic mass is 10.2. The second kappa shape index (κ2) is 7.31. The normalized spacial score (nSPS) is 9.59. The van der Waals surface area contributed by atoms with Crippen molar-refractivity contribution < 1.29 is 9.53 Å². The quantitative estimate of drug-likeness (QED) is 0.536. The molecule has 0 atom stereocenters. The summed E-state index contributed by atoms with van der Waals surface area (Å²) in [5.74, 6) is 2.87. The van der Waals surface area contributed by atoms with Gasteiger partial charge < -0.3 is 15.8 Å². The highest BCUT2D eigenvalue weighted by Gasteiger charge is 2.02. The monoisotopic (exact) mass is 232 g/mol. The Morgan fingerprint density at radius 3 is 2.94 bits per heavy atom. The average Bonchev–Trinajstić information content (AvgIpc) is 2.33. The average molecular weight is 232 g/mol. The lowest BCUT2D eigenvalue weighted by Crippen LogP contribution is -2.21. The highest BCUT2D eigenvalue weighted by Crippen LogP contribution is 2.17. The van der Waals surface area contributed by atoms with E-state index >= 15 is 0 Å². The highest BCUT2D eigenvalue weighted by atomic mass is 16.5. The second-order valence-corrected chi connectivity index (χ2v) is 3.49. The minimum atomic E-state index is -0.311. The Kier molecular flexibility index (Phi) is 5.62. The first-order valence-corrected chi connectivity index (χ1v) is 5.37. The summed E-state index contributed by atoms with van der Waals surface area (Å²) in [7, 11) is 0. The van der Waals surface area contributed by atoms with Crippen LogP contribution in [0.3, 0.4) is 0 Å². The molecule has 0 saturated carbocycles. The van der Waals surface area contributed by atoms with Gasteiger partial charge in [0.05, 0.1) is 0 Å². The minimum Gasteiger partial charge on any atom is -0.481 e. The zero-order valence-electron chi connectivity index (χ0n) is 9.61. The summed E-state index contributed by atoms with van der Waals surface area (Å²) in [4.78, 5) is 10.6. The van der Waals surface area contributed by atoms with Gasteiger partial charge >= 0.3 is 0 Å². The van der Waals surface area contributed by atoms with Crippen molar-refractivity contribution in [3.8, 4) is 18.1 Å². The van der Waals surface area contributed by atoms with Gasteiger partial charge in [-0.25, -0.2) is 0 Å². The van der Waals surface area contributed by atoms with Crippen molar-refractivity contribution in [3.05, 3.63) is 29.8 Å². The summed E-state index contributed by atoms with van der Waals surface area (Å²) in [6, 6.07) is 7.62. The van der Waals surface area contributed by atoms with Gasteiger partial charge in [-0.15, -0.1) is 6.42 Å². The van der Waals surface area contributed by atoms with Gasteiger partial charge in [0.25, 0.3) is 0 Å². The second-order valence-electron chi connectivity index (χ2n) is 3.49. The number of carbonyl (C=O) groups is 1. The first-order chi connectivity index (χ1) is 8.24. The molecule has 17 heavy (non-hydrogen) atoms. The Balaban J connectivity index is 2.46. The van der Waals surface area contributed by atoms with Crippen molar-refractivity contribution in [1.82, 2.24) is 5.32 Å². The number of para-hydroxylation sites is 1. The molecule has 0 aromatic heterocycles. The first kappa shape index (κ1) is 13.1. The molecule has 4 heteroatoms. The minimum absolute atomic E-state index is 0.248. The van der Waals surface area contributed by atoms with Gasteiger partial charge in [-0.3, -0.25) is 4.79 Å². The van der Waals surface area contributed by atoms with Crippen LogP contribution in [-0.2, 0) is 11.3 Å². The topological polar surface area (TPSA) is 64.3 Å². The van der Waals surface area contributed by atoms with E-state index in [1.165, 1.54) is 0 Å². The van der Waals surface area contributed by atoms with Crippen LogP contribution in [0.4, 0.5) is 0 Å². The Hall–Kier alpha value is -1.99. The van der Waals surface area contributed by atoms with Gasteiger partial charge in [0.1, 0.15) is 12.4 Å². The summed E-state index contributed by atoms with van der Waals surface area (Å²) >= 11 is 0. The Morgan fingerprint density at radius 2 is 2.24 bits per heavy atom. The first-order valence-electron chi connectivity index (χ1n) is 5.37. The van der Waals surface area contributed by atoms with E-state index in [2.05, 4.69) is 11.2 Å². The summed E-state index contributed by atoms with van der Waals surface area (Å²) in [6.45, 7) is 1.42. The molecule has 1 rings (SSSR count). The predicted molar refractivity (Wildman–Crippen MR) is 66.3 cm³/mol. The summed E-state index contributed by atoms with van der Waals surface area (Å²) < 4.78 is 5.40. The molecule has 1 aromatic carbocycles. The standard InChI is InChI=1S/C13H16N2O2/c1-2-9-17-12-6-4-3-5-11(12)10-15-8-7-13(14)16/h1,3-6,15H,7-10H2,(H2,14,16). The number of carbonyl (C=O) groups excluding carboxylic acids is 1. The number of amides is 1. The van der Waals surface area contributed by atoms with E-state index in [0.717, 1.165) is 11.3 Å². The smallest absolute Gasteiger partial charge is 0.218 e. The third-order valence-corrected chi connectivity index (χ3v) is 2.15. The van der Waals surface area contributed by atoms with E-state index in [1.54, 1.807) is 0 Å². The van der Waals surface area contributed by atoms with Gasteiger partial charge in [0.2, 0.25) is 5.91 Å². The summed E-state index contributed by atoms with van der Waals surface area (Å²) in [5.41, 5.74) is 6.05. The fraction of sp³-hybridized carbons (Fsp3) is 0.308. The van der Waals surface area contributed by atoms with Crippen molar-refractivity contribution >= 4 is 5.91 Å². The number of benzene rings is 1. The number of primary amides is 1. The Labute approximate surface area is 101 Å². The molecule has 1 amide bonds. The number of hydrogen-bond donors (Lipinski definition) is 2. The molecule has 0 radical (unpaired) electrons. The van der Waals surface area contributed by atoms with Crippen LogP contribution in [0.1, 0.15) is 12.0 Å². The van der Waals surface area contributed by atoms with Gasteiger partial charge in [-0.05, 0) is 6.07 Å². The van der Waals surface area contributed by atoms with Crippen LogP contribution in [0.5, 0.6) is 5.75 Å². The maximum atomic E-state index is 10.6. The summed E-state index contributed by atoms with van der Waals surface area (Å²) in [5, 5.41) is 3.12. The van der Waals surface area contributed by atoms with Gasteiger partial charge in [-0.1, -0.05) is 24.1 Å². The molecule has 0 fully saturated rings. The molecule has 0 bridgehead atoms. The van der Waals surface area contributed by atoms with Gasteiger partial charge in [-0.2, -0.15) is 0 Å². The van der Waals surface area contributed by atoms with Crippen LogP contribution >= 0.6 is 0 Å². The molecule has 3 N–H and O–H groups in total. The van der Waals surface area contributed by atoms with Gasteiger partial charge in [0.15, 0.2) is 0 Å². The lowest BCUT2D eigenvalue weighted by Gasteiger charge is -2.10. The molecular formula is C13H16N2O2. The maximum absolute atomic E-state index is 10.6. The number of nitrogens with two attached hydrogens (primary N) is 1. The van der Waals surface area contributed by atoms with Crippen molar-refractivity contribution in [2.24, 2.45) is 5.73 Å². The predicted octanol–water partition coefficient (Wildman–Crippen LogP) is 0.664. The number of hydrogen-bond acceptors (Lipinski definition) is 3. The molecule has 0 aliphatic heterocycles. The molecular weight excluding hydrogens is 216 g/mol. The maximum Gasteiger partial charge on any atom is 0.218 e. The van der Waals surface area contributed by atoms with E-state index in [-0.39, 0.29) is 12.5 Å². The lowest BCUT2D eigenvalue weighted by molar-refractivity contribution is -0.117. The fourth-order valence-electron chi connectivity index (χ4n) is 1.34. The van der Waals surface area contributed by atoms with Crippen molar-refractivity contribution in [1.29, 1.82) is 0 Å². The van der Waals surface area contributed by atoms with Crippen LogP contribution in [-0.4, -0.2) is 19.1 Å². The molecule has 90 valence electrons. The van der Waals surface area contributed by atoms with Crippen LogP contribution in [0, 0.1) is 12.3 Å². The zero-order chi connectivity index (χ0) is 12.5. The molecule has 1 aromatic rings. The number of rotatable bonds is 7. The van der Waals surface area contributed by atoms with Crippen molar-refractivity contribution in [2.75, 3.05) is 13.2 Å². The van der Waals surface area contributed by atoms with E-state index < -0.39 is 0 Å². The van der Waals surface area contributed by atoms with Crippen LogP contribution in [0.25, 0.3) is 0 Å². The van der Waals surface area contributed by atoms with E-state index in [0.29, 0.717) is 19.5 Å². The van der Waals surface area contributed by atoms with E-state index in [1.807, 2.05) is 24.3 Å². The van der Waals surface area contributed by atoms with Crippen molar-refractivity contribution in [3.63, 3.8) is 0 Å².